The van der Waals surface area contributed by atoms with Gasteiger partial charge in [-0.05, 0) is 49.7 Å². The summed E-state index contributed by atoms with van der Waals surface area (Å²) in [6.07, 6.45) is 0. The summed E-state index contributed by atoms with van der Waals surface area (Å²) in [6, 6.07) is 8.23. The van der Waals surface area contributed by atoms with Crippen molar-refractivity contribution in [3.63, 3.8) is 0 Å². The molecule has 1 aliphatic heterocycles. The van der Waals surface area contributed by atoms with Crippen molar-refractivity contribution >= 4 is 10.0 Å². The molecule has 0 amide bonds. The molecule has 27 heavy (non-hydrogen) atoms. The van der Waals surface area contributed by atoms with Gasteiger partial charge in [-0.3, -0.25) is 0 Å². The topological polar surface area (TPSA) is 94.1 Å². The highest BCUT2D eigenvalue weighted by atomic mass is 32.2. The summed E-state index contributed by atoms with van der Waals surface area (Å²) in [7, 11) is -4.03. The van der Waals surface area contributed by atoms with Crippen LogP contribution in [-0.2, 0) is 15.6 Å². The van der Waals surface area contributed by atoms with E-state index in [1.54, 1.807) is 25.1 Å². The Morgan fingerprint density at radius 3 is 2.67 bits per heavy atom. The van der Waals surface area contributed by atoms with Gasteiger partial charge < -0.3 is 19.3 Å². The van der Waals surface area contributed by atoms with Crippen molar-refractivity contribution in [3.8, 4) is 17.2 Å². The number of aliphatic hydroxyl groups is 1. The zero-order valence-corrected chi connectivity index (χ0v) is 15.7. The van der Waals surface area contributed by atoms with Crippen LogP contribution in [0.15, 0.2) is 41.3 Å². The Balaban J connectivity index is 1.75. The molecule has 7 nitrogen and oxygen atoms in total. The van der Waals surface area contributed by atoms with E-state index in [9.17, 15) is 17.9 Å². The van der Waals surface area contributed by atoms with Gasteiger partial charge >= 0.3 is 0 Å². The Kier molecular flexibility index (Phi) is 5.27. The number of hydrogen-bond donors (Lipinski definition) is 2. The highest BCUT2D eigenvalue weighted by Crippen LogP contribution is 2.35. The third-order valence-corrected chi connectivity index (χ3v) is 5.51. The second-order valence-corrected chi connectivity index (χ2v) is 7.96. The lowest BCUT2D eigenvalue weighted by molar-refractivity contribution is 0.0625. The number of nitrogens with one attached hydrogen (secondary N) is 1. The highest BCUT2D eigenvalue weighted by molar-refractivity contribution is 7.89. The Hall–Kier alpha value is -2.36. The number of rotatable bonds is 7. The number of ether oxygens (including phenoxy) is 3. The average Bonchev–Trinajstić information content (AvgIpc) is 3.10. The highest BCUT2D eigenvalue weighted by Gasteiger charge is 2.28. The molecule has 0 saturated carbocycles. The Labute approximate surface area is 156 Å². The molecule has 0 fully saturated rings. The van der Waals surface area contributed by atoms with Crippen LogP contribution >= 0.6 is 0 Å². The maximum absolute atomic E-state index is 13.9. The van der Waals surface area contributed by atoms with E-state index in [-0.39, 0.29) is 30.6 Å². The normalized spacial score (nSPS) is 15.4. The van der Waals surface area contributed by atoms with Gasteiger partial charge in [-0.15, -0.1) is 0 Å². The number of sulfonamides is 1. The fraction of sp³-hybridized carbons (Fsp3) is 0.333. The molecule has 1 aliphatic rings. The van der Waals surface area contributed by atoms with Crippen LogP contribution < -0.4 is 18.9 Å². The van der Waals surface area contributed by atoms with E-state index < -0.39 is 21.4 Å². The van der Waals surface area contributed by atoms with Crippen LogP contribution in [0.4, 0.5) is 4.39 Å². The Bertz CT molecular complexity index is 945. The van der Waals surface area contributed by atoms with Gasteiger partial charge in [0.2, 0.25) is 16.8 Å². The van der Waals surface area contributed by atoms with Gasteiger partial charge in [0.15, 0.2) is 23.1 Å². The molecule has 2 N–H and O–H groups in total. The lowest BCUT2D eigenvalue weighted by atomic mass is 9.96. The van der Waals surface area contributed by atoms with Crippen LogP contribution in [-0.4, -0.2) is 33.5 Å². The van der Waals surface area contributed by atoms with Crippen LogP contribution in [0.5, 0.6) is 17.2 Å². The summed E-state index contributed by atoms with van der Waals surface area (Å²) in [4.78, 5) is -0.259. The van der Waals surface area contributed by atoms with E-state index in [0.29, 0.717) is 17.1 Å². The minimum atomic E-state index is -4.03. The first-order valence-electron chi connectivity index (χ1n) is 8.27. The molecule has 2 aromatic carbocycles. The molecule has 9 heteroatoms. The van der Waals surface area contributed by atoms with E-state index >= 15 is 0 Å². The molecule has 0 radical (unpaired) electrons. The summed E-state index contributed by atoms with van der Waals surface area (Å²) in [6.45, 7) is 3.20. The van der Waals surface area contributed by atoms with Gasteiger partial charge in [0.25, 0.3) is 0 Å². The molecule has 0 saturated heterocycles. The van der Waals surface area contributed by atoms with Crippen molar-refractivity contribution < 1.29 is 32.1 Å². The fourth-order valence-electron chi connectivity index (χ4n) is 2.57. The second kappa shape index (κ2) is 7.34. The maximum Gasteiger partial charge on any atom is 0.240 e. The SMILES string of the molecule is CCOc1ccc(S(=O)(=O)NC[C@](C)(O)c2ccc3c(c2)OCO3)cc1F. The second-order valence-electron chi connectivity index (χ2n) is 6.19. The first-order chi connectivity index (χ1) is 12.7. The van der Waals surface area contributed by atoms with Gasteiger partial charge in [0.1, 0.15) is 5.60 Å². The minimum absolute atomic E-state index is 0.0243. The monoisotopic (exact) mass is 397 g/mol. The number of benzene rings is 2. The van der Waals surface area contributed by atoms with Crippen LogP contribution in [0.25, 0.3) is 0 Å². The van der Waals surface area contributed by atoms with E-state index in [2.05, 4.69) is 4.72 Å². The predicted octanol–water partition coefficient (Wildman–Crippen LogP) is 2.14. The molecule has 1 atom stereocenters. The Morgan fingerprint density at radius 2 is 1.96 bits per heavy atom. The number of fused-ring (bicyclic) bond motifs is 1. The molecule has 0 aromatic heterocycles. The van der Waals surface area contributed by atoms with Crippen LogP contribution in [0, 0.1) is 5.82 Å². The van der Waals surface area contributed by atoms with Gasteiger partial charge in [0, 0.05) is 6.54 Å². The predicted molar refractivity (Wildman–Crippen MR) is 94.9 cm³/mol. The lowest BCUT2D eigenvalue weighted by Crippen LogP contribution is -2.38. The van der Waals surface area contributed by atoms with E-state index in [4.69, 9.17) is 14.2 Å². The molecule has 0 unspecified atom stereocenters. The molecule has 1 heterocycles. The summed E-state index contributed by atoms with van der Waals surface area (Å²) < 4.78 is 56.7. The fourth-order valence-corrected chi connectivity index (χ4v) is 3.72. The third-order valence-electron chi connectivity index (χ3n) is 4.11. The number of hydrogen-bond acceptors (Lipinski definition) is 6. The van der Waals surface area contributed by atoms with Gasteiger partial charge in [0.05, 0.1) is 11.5 Å². The van der Waals surface area contributed by atoms with Crippen LogP contribution in [0.3, 0.4) is 0 Å². The van der Waals surface area contributed by atoms with Crippen LogP contribution in [0.2, 0.25) is 0 Å². The molecular formula is C18H20FNO6S. The molecule has 3 rings (SSSR count). The summed E-state index contributed by atoms with van der Waals surface area (Å²) >= 11 is 0. The molecule has 0 bridgehead atoms. The third kappa shape index (κ3) is 4.15. The van der Waals surface area contributed by atoms with Crippen molar-refractivity contribution in [2.45, 2.75) is 24.3 Å². The standard InChI is InChI=1S/C18H20FNO6S/c1-3-24-15-7-5-13(9-14(15)19)27(22,23)20-10-18(2,21)12-4-6-16-17(8-12)26-11-25-16/h4-9,20-21H,3,10-11H2,1-2H3/t18-/m0/s1. The van der Waals surface area contributed by atoms with E-state index in [1.165, 1.54) is 19.1 Å². The van der Waals surface area contributed by atoms with E-state index in [1.807, 2.05) is 0 Å². The van der Waals surface area contributed by atoms with Gasteiger partial charge in [-0.2, -0.15) is 0 Å². The van der Waals surface area contributed by atoms with Crippen molar-refractivity contribution in [3.05, 3.63) is 47.8 Å². The van der Waals surface area contributed by atoms with Crippen LogP contribution in [0.1, 0.15) is 19.4 Å². The molecule has 146 valence electrons. The summed E-state index contributed by atoms with van der Waals surface area (Å²) in [5.74, 6) is 0.232. The number of halogens is 1. The van der Waals surface area contributed by atoms with E-state index in [0.717, 1.165) is 6.07 Å². The van der Waals surface area contributed by atoms with Crippen molar-refractivity contribution in [1.82, 2.24) is 4.72 Å². The molecule has 0 aliphatic carbocycles. The van der Waals surface area contributed by atoms with Crippen molar-refractivity contribution in [2.75, 3.05) is 19.9 Å². The Morgan fingerprint density at radius 1 is 1.22 bits per heavy atom. The molecular weight excluding hydrogens is 377 g/mol. The van der Waals surface area contributed by atoms with Crippen molar-refractivity contribution in [1.29, 1.82) is 0 Å². The largest absolute Gasteiger partial charge is 0.491 e. The average molecular weight is 397 g/mol. The maximum atomic E-state index is 13.9. The first kappa shape index (κ1) is 19.4. The lowest BCUT2D eigenvalue weighted by Gasteiger charge is -2.24. The minimum Gasteiger partial charge on any atom is -0.491 e. The summed E-state index contributed by atoms with van der Waals surface area (Å²) in [5, 5.41) is 10.7. The van der Waals surface area contributed by atoms with Crippen molar-refractivity contribution in [2.24, 2.45) is 0 Å². The molecule has 0 spiro atoms. The quantitative estimate of drug-likeness (QED) is 0.744. The zero-order chi connectivity index (χ0) is 19.7. The summed E-state index contributed by atoms with van der Waals surface area (Å²) in [5.41, 5.74) is -1.06. The first-order valence-corrected chi connectivity index (χ1v) is 9.76. The van der Waals surface area contributed by atoms with Gasteiger partial charge in [-0.1, -0.05) is 6.07 Å². The van der Waals surface area contributed by atoms with Gasteiger partial charge in [-0.25, -0.2) is 17.5 Å². The molecule has 2 aromatic rings. The smallest absolute Gasteiger partial charge is 0.240 e. The zero-order valence-electron chi connectivity index (χ0n) is 14.9.